The Hall–Kier alpha value is -2.88. The van der Waals surface area contributed by atoms with Crippen LogP contribution in [0.15, 0.2) is 42.5 Å². The van der Waals surface area contributed by atoms with E-state index in [-0.39, 0.29) is 24.8 Å². The van der Waals surface area contributed by atoms with Crippen LogP contribution in [0.1, 0.15) is 31.7 Å². The molecule has 9 heteroatoms. The second-order valence-electron chi connectivity index (χ2n) is 9.07. The molecular weight excluding hydrogens is 457 g/mol. The molecule has 1 fully saturated rings. The fraction of sp³-hybridized carbons (Fsp3) is 0.500. The van der Waals surface area contributed by atoms with E-state index in [2.05, 4.69) is 0 Å². The zero-order valence-corrected chi connectivity index (χ0v) is 20.3. The number of likely N-dealkylation sites (tertiary alicyclic amines) is 1. The molecule has 1 saturated heterocycles. The Morgan fingerprint density at radius 3 is 2.46 bits per heavy atom. The molecule has 8 nitrogen and oxygen atoms in total. The van der Waals surface area contributed by atoms with Crippen LogP contribution >= 0.6 is 0 Å². The highest BCUT2D eigenvalue weighted by Gasteiger charge is 2.49. The van der Waals surface area contributed by atoms with Gasteiger partial charge in [0.2, 0.25) is 0 Å². The third-order valence-corrected chi connectivity index (χ3v) is 6.67. The molecular formula is C26H34FNO7. The summed E-state index contributed by atoms with van der Waals surface area (Å²) in [5.41, 5.74) is 0.195. The largest absolute Gasteiger partial charge is 0.493 e. The standard InChI is InChI=1S/C26H34FNO7/c1-17(30)26(2)16-28(25(32)22(31)15-29)14-21(26)18-5-10-23(33-3)24(13-18)35-12-4-11-34-20-8-6-19(27)7-9-20/h5-10,13,17,21-22,29-31H,4,11-12,14-16H2,1-3H3/t17-,21+,22-,26+/m1/s1. The fourth-order valence-electron chi connectivity index (χ4n) is 4.37. The van der Waals surface area contributed by atoms with Gasteiger partial charge >= 0.3 is 0 Å². The summed E-state index contributed by atoms with van der Waals surface area (Å²) in [6, 6.07) is 11.3. The van der Waals surface area contributed by atoms with Crippen molar-refractivity contribution in [1.82, 2.24) is 4.90 Å². The zero-order chi connectivity index (χ0) is 25.6. The third-order valence-electron chi connectivity index (χ3n) is 6.67. The molecule has 4 atom stereocenters. The Kier molecular flexibility index (Phi) is 8.93. The van der Waals surface area contributed by atoms with Gasteiger partial charge in [0, 0.05) is 30.8 Å². The number of amides is 1. The van der Waals surface area contributed by atoms with Crippen molar-refractivity contribution in [2.75, 3.05) is 40.0 Å². The number of halogens is 1. The topological polar surface area (TPSA) is 109 Å². The van der Waals surface area contributed by atoms with Crippen molar-refractivity contribution in [3.8, 4) is 17.2 Å². The number of hydrogen-bond donors (Lipinski definition) is 3. The van der Waals surface area contributed by atoms with Crippen molar-refractivity contribution in [3.05, 3.63) is 53.8 Å². The summed E-state index contributed by atoms with van der Waals surface area (Å²) in [7, 11) is 1.55. The van der Waals surface area contributed by atoms with Crippen molar-refractivity contribution < 1.29 is 38.7 Å². The van der Waals surface area contributed by atoms with E-state index in [1.165, 1.54) is 17.0 Å². The Labute approximate surface area is 204 Å². The van der Waals surface area contributed by atoms with E-state index in [1.807, 2.05) is 19.1 Å². The summed E-state index contributed by atoms with van der Waals surface area (Å²) in [5, 5.41) is 29.6. The molecule has 192 valence electrons. The number of carbonyl (C=O) groups excluding carboxylic acids is 1. The first-order valence-electron chi connectivity index (χ1n) is 11.6. The highest BCUT2D eigenvalue weighted by Crippen LogP contribution is 2.47. The molecule has 0 bridgehead atoms. The van der Waals surface area contributed by atoms with Crippen LogP contribution in [0.2, 0.25) is 0 Å². The number of benzene rings is 2. The Bertz CT molecular complexity index is 984. The smallest absolute Gasteiger partial charge is 0.253 e. The number of carbonyl (C=O) groups is 1. The van der Waals surface area contributed by atoms with Crippen molar-refractivity contribution in [1.29, 1.82) is 0 Å². The molecule has 1 heterocycles. The second-order valence-corrected chi connectivity index (χ2v) is 9.07. The lowest BCUT2D eigenvalue weighted by Gasteiger charge is -2.34. The minimum absolute atomic E-state index is 0.229. The molecule has 2 aromatic carbocycles. The van der Waals surface area contributed by atoms with Crippen LogP contribution in [0.3, 0.4) is 0 Å². The Morgan fingerprint density at radius 1 is 1.14 bits per heavy atom. The number of aliphatic hydroxyl groups is 3. The molecule has 0 radical (unpaired) electrons. The first-order chi connectivity index (χ1) is 16.7. The van der Waals surface area contributed by atoms with Gasteiger partial charge < -0.3 is 34.4 Å². The van der Waals surface area contributed by atoms with Gasteiger partial charge in [0.15, 0.2) is 17.6 Å². The van der Waals surface area contributed by atoms with Crippen molar-refractivity contribution in [2.24, 2.45) is 5.41 Å². The lowest BCUT2D eigenvalue weighted by Crippen LogP contribution is -2.42. The first kappa shape index (κ1) is 26.7. The number of hydrogen-bond acceptors (Lipinski definition) is 7. The molecule has 0 aromatic heterocycles. The molecule has 2 aromatic rings. The van der Waals surface area contributed by atoms with Crippen LogP contribution in [-0.2, 0) is 4.79 Å². The number of rotatable bonds is 11. The molecule has 0 saturated carbocycles. The van der Waals surface area contributed by atoms with E-state index in [1.54, 1.807) is 32.2 Å². The molecule has 3 N–H and O–H groups in total. The number of methoxy groups -OCH3 is 1. The normalized spacial score (nSPS) is 21.5. The van der Waals surface area contributed by atoms with Gasteiger partial charge in [-0.3, -0.25) is 4.79 Å². The first-order valence-corrected chi connectivity index (χ1v) is 11.6. The van der Waals surface area contributed by atoms with Gasteiger partial charge in [0.05, 0.1) is 33.0 Å². The molecule has 0 aliphatic carbocycles. The number of aliphatic hydroxyl groups excluding tert-OH is 3. The van der Waals surface area contributed by atoms with Crippen LogP contribution in [0.4, 0.5) is 4.39 Å². The Balaban J connectivity index is 1.69. The lowest BCUT2D eigenvalue weighted by molar-refractivity contribution is -0.141. The van der Waals surface area contributed by atoms with Gasteiger partial charge in [-0.25, -0.2) is 4.39 Å². The van der Waals surface area contributed by atoms with Crippen LogP contribution in [-0.4, -0.2) is 78.4 Å². The summed E-state index contributed by atoms with van der Waals surface area (Å²) in [5.74, 6) is 0.544. The van der Waals surface area contributed by atoms with Crippen LogP contribution in [0.5, 0.6) is 17.2 Å². The predicted octanol–water partition coefficient (Wildman–Crippen LogP) is 2.35. The van der Waals surface area contributed by atoms with E-state index in [0.29, 0.717) is 36.9 Å². The van der Waals surface area contributed by atoms with Crippen molar-refractivity contribution in [3.63, 3.8) is 0 Å². The quantitative estimate of drug-likeness (QED) is 0.414. The van der Waals surface area contributed by atoms with Crippen LogP contribution < -0.4 is 14.2 Å². The third kappa shape index (κ3) is 6.22. The SMILES string of the molecule is COc1ccc([C@@H]2CN(C(=O)[C@H](O)CO)C[C@@]2(C)[C@@H](C)O)cc1OCCCOc1ccc(F)cc1. The molecule has 3 rings (SSSR count). The monoisotopic (exact) mass is 491 g/mol. The van der Waals surface area contributed by atoms with Crippen molar-refractivity contribution in [2.45, 2.75) is 38.4 Å². The molecule has 1 aliphatic heterocycles. The van der Waals surface area contributed by atoms with Gasteiger partial charge in [-0.05, 0) is 48.9 Å². The summed E-state index contributed by atoms with van der Waals surface area (Å²) in [6.07, 6.45) is -1.63. The molecule has 1 aliphatic rings. The second kappa shape index (κ2) is 11.7. The summed E-state index contributed by atoms with van der Waals surface area (Å²) < 4.78 is 30.0. The van der Waals surface area contributed by atoms with Crippen LogP contribution in [0, 0.1) is 11.2 Å². The molecule has 0 unspecified atom stereocenters. The highest BCUT2D eigenvalue weighted by atomic mass is 19.1. The maximum Gasteiger partial charge on any atom is 0.253 e. The molecule has 0 spiro atoms. The van der Waals surface area contributed by atoms with E-state index < -0.39 is 30.1 Å². The van der Waals surface area contributed by atoms with Gasteiger partial charge in [0.25, 0.3) is 5.91 Å². The number of nitrogens with zero attached hydrogens (tertiary/aromatic N) is 1. The maximum atomic E-state index is 13.0. The molecule has 35 heavy (non-hydrogen) atoms. The van der Waals surface area contributed by atoms with Crippen LogP contribution in [0.25, 0.3) is 0 Å². The molecule has 1 amide bonds. The maximum absolute atomic E-state index is 13.0. The minimum atomic E-state index is -1.49. The average Bonchev–Trinajstić information content (AvgIpc) is 3.22. The lowest BCUT2D eigenvalue weighted by atomic mass is 9.72. The average molecular weight is 492 g/mol. The predicted molar refractivity (Wildman–Crippen MR) is 127 cm³/mol. The van der Waals surface area contributed by atoms with Crippen molar-refractivity contribution >= 4 is 5.91 Å². The van der Waals surface area contributed by atoms with Gasteiger partial charge in [-0.1, -0.05) is 13.0 Å². The summed E-state index contributed by atoms with van der Waals surface area (Å²) in [4.78, 5) is 14.0. The zero-order valence-electron chi connectivity index (χ0n) is 20.3. The summed E-state index contributed by atoms with van der Waals surface area (Å²) in [6.45, 7) is 4.21. The summed E-state index contributed by atoms with van der Waals surface area (Å²) >= 11 is 0. The number of ether oxygens (including phenoxy) is 3. The van der Waals surface area contributed by atoms with E-state index in [9.17, 15) is 24.5 Å². The highest BCUT2D eigenvalue weighted by molar-refractivity contribution is 5.81. The van der Waals surface area contributed by atoms with E-state index >= 15 is 0 Å². The van der Waals surface area contributed by atoms with Gasteiger partial charge in [-0.2, -0.15) is 0 Å². The van der Waals surface area contributed by atoms with E-state index in [0.717, 1.165) is 5.56 Å². The Morgan fingerprint density at radius 2 is 1.83 bits per heavy atom. The van der Waals surface area contributed by atoms with E-state index in [4.69, 9.17) is 14.2 Å². The van der Waals surface area contributed by atoms with Gasteiger partial charge in [-0.15, -0.1) is 0 Å². The fourth-order valence-corrected chi connectivity index (χ4v) is 4.37. The minimum Gasteiger partial charge on any atom is -0.493 e. The van der Waals surface area contributed by atoms with Gasteiger partial charge in [0.1, 0.15) is 11.6 Å².